The summed E-state index contributed by atoms with van der Waals surface area (Å²) in [4.78, 5) is 34.9. The van der Waals surface area contributed by atoms with E-state index in [2.05, 4.69) is 10.6 Å². The van der Waals surface area contributed by atoms with Crippen LogP contribution in [0.5, 0.6) is 0 Å². The number of benzene rings is 2. The fourth-order valence-corrected chi connectivity index (χ4v) is 2.60. The van der Waals surface area contributed by atoms with Gasteiger partial charge in [0.2, 0.25) is 0 Å². The minimum atomic E-state index is -2.22. The van der Waals surface area contributed by atoms with Crippen LogP contribution in [0.1, 0.15) is 22.3 Å². The first-order valence-electron chi connectivity index (χ1n) is 7.15. The summed E-state index contributed by atoms with van der Waals surface area (Å²) < 4.78 is 0. The maximum Gasteiger partial charge on any atom is 1.00 e. The van der Waals surface area contributed by atoms with Gasteiger partial charge in [-0.2, -0.15) is 0 Å². The van der Waals surface area contributed by atoms with Crippen LogP contribution < -0.4 is 45.3 Å². The molecule has 3 N–H and O–H groups in total. The Kier molecular flexibility index (Phi) is 5.64. The van der Waals surface area contributed by atoms with Crippen LogP contribution in [-0.2, 0) is 15.2 Å². The van der Waals surface area contributed by atoms with Gasteiger partial charge in [-0.15, -0.1) is 0 Å². The molecular weight excluding hydrogens is 335 g/mol. The zero-order valence-electron chi connectivity index (χ0n) is 13.4. The Morgan fingerprint density at radius 1 is 1.16 bits per heavy atom. The Balaban J connectivity index is 0.00000225. The van der Waals surface area contributed by atoms with Crippen molar-refractivity contribution in [2.75, 3.05) is 10.6 Å². The van der Waals surface area contributed by atoms with Crippen molar-refractivity contribution < 1.29 is 54.2 Å². The number of nitrogens with one attached hydrogen (secondary N) is 2. The maximum atomic E-state index is 12.2. The molecule has 1 atom stereocenters. The summed E-state index contributed by atoms with van der Waals surface area (Å²) in [5, 5.41) is 26.3. The summed E-state index contributed by atoms with van der Waals surface area (Å²) in [6, 6.07) is 12.9. The van der Waals surface area contributed by atoms with Gasteiger partial charge < -0.3 is 25.6 Å². The molecule has 0 bridgehead atoms. The van der Waals surface area contributed by atoms with E-state index in [1.807, 2.05) is 0 Å². The first-order chi connectivity index (χ1) is 11.4. The summed E-state index contributed by atoms with van der Waals surface area (Å²) in [6.45, 7) is 0. The van der Waals surface area contributed by atoms with Crippen LogP contribution in [0, 0.1) is 0 Å². The normalized spacial score (nSPS) is 17.9. The number of anilines is 2. The van der Waals surface area contributed by atoms with Crippen LogP contribution in [0.15, 0.2) is 48.5 Å². The third-order valence-electron chi connectivity index (χ3n) is 3.78. The number of carboxylic acid groups (broad SMARTS) is 1. The van der Waals surface area contributed by atoms with E-state index in [-0.39, 0.29) is 41.0 Å². The summed E-state index contributed by atoms with van der Waals surface area (Å²) in [7, 11) is 0. The van der Waals surface area contributed by atoms with Gasteiger partial charge >= 0.3 is 29.6 Å². The van der Waals surface area contributed by atoms with Crippen molar-refractivity contribution in [2.24, 2.45) is 0 Å². The zero-order chi connectivity index (χ0) is 17.3. The van der Waals surface area contributed by atoms with Crippen LogP contribution >= 0.6 is 0 Å². The number of carbonyl (C=O) groups is 3. The van der Waals surface area contributed by atoms with E-state index in [1.165, 1.54) is 12.1 Å². The number of rotatable bonds is 4. The Hall–Kier alpha value is -2.19. The number of carboxylic acids is 1. The van der Waals surface area contributed by atoms with Gasteiger partial charge in [0.05, 0.1) is 0 Å². The zero-order valence-corrected chi connectivity index (χ0v) is 15.4. The predicted molar refractivity (Wildman–Crippen MR) is 83.0 cm³/mol. The molecular formula is C17H13N2NaO5. The monoisotopic (exact) mass is 348 g/mol. The van der Waals surface area contributed by atoms with Crippen LogP contribution in [0.25, 0.3) is 0 Å². The minimum absolute atomic E-state index is 0. The topological polar surface area (TPSA) is 119 Å². The molecule has 1 aliphatic rings. The summed E-state index contributed by atoms with van der Waals surface area (Å²) >= 11 is 0. The second-order valence-corrected chi connectivity index (χ2v) is 5.44. The maximum absolute atomic E-state index is 12.2. The molecule has 8 heteroatoms. The molecule has 1 heterocycles. The van der Waals surface area contributed by atoms with E-state index in [9.17, 15) is 24.6 Å². The third-order valence-corrected chi connectivity index (χ3v) is 3.78. The van der Waals surface area contributed by atoms with Gasteiger partial charge in [-0.3, -0.25) is 9.59 Å². The Morgan fingerprint density at radius 3 is 2.48 bits per heavy atom. The number of aliphatic carboxylic acids is 1. The molecule has 0 radical (unpaired) electrons. The van der Waals surface area contributed by atoms with Crippen molar-refractivity contribution >= 4 is 29.2 Å². The number of carbonyl (C=O) groups excluding carboxylic acids is 3. The molecule has 0 saturated heterocycles. The molecule has 3 rings (SSSR count). The fourth-order valence-electron chi connectivity index (χ4n) is 2.60. The van der Waals surface area contributed by atoms with E-state index >= 15 is 0 Å². The molecule has 0 aromatic heterocycles. The van der Waals surface area contributed by atoms with Gasteiger partial charge in [0.1, 0.15) is 0 Å². The van der Waals surface area contributed by atoms with Crippen LogP contribution in [0.3, 0.4) is 0 Å². The second-order valence-electron chi connectivity index (χ2n) is 5.44. The Bertz CT molecular complexity index is 840. The van der Waals surface area contributed by atoms with E-state index in [4.69, 9.17) is 0 Å². The molecule has 122 valence electrons. The first-order valence-corrected chi connectivity index (χ1v) is 7.15. The number of amides is 2. The molecule has 25 heavy (non-hydrogen) atoms. The van der Waals surface area contributed by atoms with Crippen molar-refractivity contribution in [1.29, 1.82) is 0 Å². The quantitative estimate of drug-likeness (QED) is 0.517. The summed E-state index contributed by atoms with van der Waals surface area (Å²) in [5.41, 5.74) is -1.07. The second kappa shape index (κ2) is 7.37. The molecule has 1 aliphatic heterocycles. The van der Waals surface area contributed by atoms with Crippen LogP contribution in [0.4, 0.5) is 11.4 Å². The van der Waals surface area contributed by atoms with Crippen LogP contribution in [0.2, 0.25) is 0 Å². The van der Waals surface area contributed by atoms with E-state index < -0.39 is 23.9 Å². The summed E-state index contributed by atoms with van der Waals surface area (Å²) in [5.74, 6) is -2.76. The van der Waals surface area contributed by atoms with Gasteiger partial charge in [-0.05, 0) is 30.3 Å². The molecule has 1 unspecified atom stereocenters. The SMILES string of the molecule is O=C([O-])CC1(O)C(=O)Nc2ccc(NC(=O)c3ccccc3)cc21.[Na+]. The molecule has 2 aromatic rings. The van der Waals surface area contributed by atoms with Crippen molar-refractivity contribution in [3.05, 3.63) is 59.7 Å². The Labute approximate surface area is 165 Å². The van der Waals surface area contributed by atoms with Gasteiger partial charge in [0.15, 0.2) is 5.60 Å². The number of aliphatic hydroxyl groups is 1. The molecule has 0 fully saturated rings. The predicted octanol–water partition coefficient (Wildman–Crippen LogP) is -2.78. The van der Waals surface area contributed by atoms with Crippen molar-refractivity contribution in [1.82, 2.24) is 0 Å². The largest absolute Gasteiger partial charge is 1.00 e. The average Bonchev–Trinajstić information content (AvgIpc) is 2.79. The van der Waals surface area contributed by atoms with E-state index in [0.29, 0.717) is 16.9 Å². The van der Waals surface area contributed by atoms with E-state index in [0.717, 1.165) is 0 Å². The van der Waals surface area contributed by atoms with Gasteiger partial charge in [-0.1, -0.05) is 18.2 Å². The fraction of sp³-hybridized carbons (Fsp3) is 0.118. The minimum Gasteiger partial charge on any atom is -0.550 e. The van der Waals surface area contributed by atoms with Gasteiger partial charge in [-0.25, -0.2) is 0 Å². The standard InChI is InChI=1S/C17H14N2O5.Na/c20-14(21)9-17(24)12-8-11(6-7-13(12)19-16(17)23)18-15(22)10-4-2-1-3-5-10;/h1-8,24H,9H2,(H,18,22)(H,19,23)(H,20,21);/q;+1/p-1. The molecule has 2 aromatic carbocycles. The first kappa shape index (κ1) is 19.1. The summed E-state index contributed by atoms with van der Waals surface area (Å²) in [6.07, 6.45) is -0.873. The smallest absolute Gasteiger partial charge is 0.550 e. The van der Waals surface area contributed by atoms with Crippen molar-refractivity contribution in [3.8, 4) is 0 Å². The van der Waals surface area contributed by atoms with Crippen LogP contribution in [-0.4, -0.2) is 22.9 Å². The average molecular weight is 348 g/mol. The van der Waals surface area contributed by atoms with Gasteiger partial charge in [0.25, 0.3) is 11.8 Å². The van der Waals surface area contributed by atoms with Gasteiger partial charge in [0, 0.05) is 34.9 Å². The Morgan fingerprint density at radius 2 is 1.84 bits per heavy atom. The van der Waals surface area contributed by atoms with E-state index in [1.54, 1.807) is 36.4 Å². The molecule has 0 saturated carbocycles. The molecule has 2 amide bonds. The molecule has 0 aliphatic carbocycles. The number of fused-ring (bicyclic) bond motifs is 1. The third kappa shape index (κ3) is 3.74. The molecule has 7 nitrogen and oxygen atoms in total. The number of hydrogen-bond acceptors (Lipinski definition) is 5. The van der Waals surface area contributed by atoms with Crippen molar-refractivity contribution in [3.63, 3.8) is 0 Å². The van der Waals surface area contributed by atoms with Crippen molar-refractivity contribution in [2.45, 2.75) is 12.0 Å². The number of hydrogen-bond donors (Lipinski definition) is 3. The molecule has 0 spiro atoms.